The third kappa shape index (κ3) is 3.16. The average molecular weight is 387 g/mol. The number of hydrogen-bond acceptors (Lipinski definition) is 2. The lowest BCUT2D eigenvalue weighted by molar-refractivity contribution is 0.0708. The summed E-state index contributed by atoms with van der Waals surface area (Å²) in [5.74, 6) is 1.42. The van der Waals surface area contributed by atoms with Gasteiger partial charge in [-0.3, -0.25) is 4.79 Å². The first kappa shape index (κ1) is 17.9. The first-order valence-electron chi connectivity index (χ1n) is 10.2. The van der Waals surface area contributed by atoms with Crippen molar-refractivity contribution in [1.82, 2.24) is 14.9 Å². The molecule has 2 aromatic heterocycles. The summed E-state index contributed by atoms with van der Waals surface area (Å²) in [6.45, 7) is 3.61. The lowest BCUT2D eigenvalue weighted by Gasteiger charge is -2.31. The van der Waals surface area contributed by atoms with Crippen LogP contribution in [0, 0.1) is 6.92 Å². The van der Waals surface area contributed by atoms with Gasteiger partial charge in [-0.25, -0.2) is 0 Å². The van der Waals surface area contributed by atoms with Crippen molar-refractivity contribution in [2.24, 2.45) is 0 Å². The number of aromatic amines is 2. The molecule has 0 bridgehead atoms. The van der Waals surface area contributed by atoms with Gasteiger partial charge in [-0.2, -0.15) is 0 Å². The van der Waals surface area contributed by atoms with E-state index in [0.29, 0.717) is 11.6 Å². The number of amides is 1. The maximum absolute atomic E-state index is 13.0. The molecular formula is C24H25N3O2. The number of H-pyrrole nitrogens is 2. The van der Waals surface area contributed by atoms with E-state index in [0.717, 1.165) is 48.1 Å². The summed E-state index contributed by atoms with van der Waals surface area (Å²) >= 11 is 0. The summed E-state index contributed by atoms with van der Waals surface area (Å²) < 4.78 is 5.39. The monoisotopic (exact) mass is 387 g/mol. The van der Waals surface area contributed by atoms with Crippen LogP contribution in [-0.2, 0) is 0 Å². The molecule has 0 aliphatic carbocycles. The van der Waals surface area contributed by atoms with E-state index in [1.165, 1.54) is 16.5 Å². The molecule has 0 atom stereocenters. The molecule has 0 radical (unpaired) electrons. The standard InChI is InChI=1S/C24H25N3O2/c1-15-3-4-17-12-23(26-22(17)11-15)24(28)27-9-7-16(8-10-27)20-14-25-21-6-5-18(29-2)13-19(20)21/h3-6,11-14,16,25-26H,7-10H2,1-2H3. The second-order valence-electron chi connectivity index (χ2n) is 8.00. The number of ether oxygens (including phenoxy) is 1. The Bertz CT molecular complexity index is 1200. The van der Waals surface area contributed by atoms with Crippen molar-refractivity contribution in [1.29, 1.82) is 0 Å². The van der Waals surface area contributed by atoms with Crippen LogP contribution >= 0.6 is 0 Å². The van der Waals surface area contributed by atoms with E-state index in [-0.39, 0.29) is 5.91 Å². The first-order valence-corrected chi connectivity index (χ1v) is 10.2. The normalized spacial score (nSPS) is 15.3. The van der Waals surface area contributed by atoms with Crippen molar-refractivity contribution in [3.05, 3.63) is 65.5 Å². The number of carbonyl (C=O) groups excluding carboxylic acids is 1. The third-order valence-electron chi connectivity index (χ3n) is 6.15. The molecule has 2 N–H and O–H groups in total. The van der Waals surface area contributed by atoms with Gasteiger partial charge in [0.15, 0.2) is 0 Å². The van der Waals surface area contributed by atoms with E-state index in [1.54, 1.807) is 7.11 Å². The summed E-state index contributed by atoms with van der Waals surface area (Å²) in [7, 11) is 1.70. The zero-order valence-corrected chi connectivity index (χ0v) is 16.8. The number of nitrogens with zero attached hydrogens (tertiary/aromatic N) is 1. The van der Waals surface area contributed by atoms with Crippen LogP contribution in [0.2, 0.25) is 0 Å². The Morgan fingerprint density at radius 2 is 1.90 bits per heavy atom. The largest absolute Gasteiger partial charge is 0.497 e. The van der Waals surface area contributed by atoms with Gasteiger partial charge in [0, 0.05) is 41.1 Å². The highest BCUT2D eigenvalue weighted by Crippen LogP contribution is 2.35. The molecule has 5 rings (SSSR count). The van der Waals surface area contributed by atoms with Crippen LogP contribution in [0.25, 0.3) is 21.8 Å². The van der Waals surface area contributed by atoms with E-state index < -0.39 is 0 Å². The summed E-state index contributed by atoms with van der Waals surface area (Å²) in [5.41, 5.74) is 5.35. The van der Waals surface area contributed by atoms with Gasteiger partial charge >= 0.3 is 0 Å². The molecule has 29 heavy (non-hydrogen) atoms. The number of benzene rings is 2. The molecule has 2 aromatic carbocycles. The average Bonchev–Trinajstić information content (AvgIpc) is 3.36. The van der Waals surface area contributed by atoms with E-state index >= 15 is 0 Å². The number of methoxy groups -OCH3 is 1. The van der Waals surface area contributed by atoms with Crippen molar-refractivity contribution in [2.75, 3.05) is 20.2 Å². The van der Waals surface area contributed by atoms with Crippen LogP contribution < -0.4 is 4.74 Å². The predicted octanol–water partition coefficient (Wildman–Crippen LogP) is 4.99. The summed E-state index contributed by atoms with van der Waals surface area (Å²) in [6, 6.07) is 14.3. The maximum Gasteiger partial charge on any atom is 0.270 e. The Morgan fingerprint density at radius 1 is 1.07 bits per heavy atom. The van der Waals surface area contributed by atoms with E-state index in [1.807, 2.05) is 17.0 Å². The van der Waals surface area contributed by atoms with Crippen molar-refractivity contribution in [3.8, 4) is 5.75 Å². The molecule has 1 aliphatic rings. The van der Waals surface area contributed by atoms with Gasteiger partial charge in [0.2, 0.25) is 0 Å². The highest BCUT2D eigenvalue weighted by Gasteiger charge is 2.27. The van der Waals surface area contributed by atoms with E-state index in [2.05, 4.69) is 53.4 Å². The Morgan fingerprint density at radius 3 is 2.69 bits per heavy atom. The molecular weight excluding hydrogens is 362 g/mol. The molecule has 4 aromatic rings. The van der Waals surface area contributed by atoms with Crippen molar-refractivity contribution >= 4 is 27.7 Å². The fourth-order valence-electron chi connectivity index (χ4n) is 4.51. The molecule has 3 heterocycles. The highest BCUT2D eigenvalue weighted by atomic mass is 16.5. The fourth-order valence-corrected chi connectivity index (χ4v) is 4.51. The lowest BCUT2D eigenvalue weighted by Crippen LogP contribution is -2.38. The molecule has 0 unspecified atom stereocenters. The van der Waals surface area contributed by atoms with Crippen molar-refractivity contribution in [3.63, 3.8) is 0 Å². The van der Waals surface area contributed by atoms with Crippen LogP contribution in [0.4, 0.5) is 0 Å². The summed E-state index contributed by atoms with van der Waals surface area (Å²) in [5, 5.41) is 2.31. The zero-order valence-electron chi connectivity index (χ0n) is 16.8. The van der Waals surface area contributed by atoms with Crippen LogP contribution in [-0.4, -0.2) is 41.0 Å². The molecule has 1 fully saturated rings. The molecule has 148 valence electrons. The highest BCUT2D eigenvalue weighted by molar-refractivity contribution is 5.98. The van der Waals surface area contributed by atoms with Gasteiger partial charge < -0.3 is 19.6 Å². The number of aromatic nitrogens is 2. The quantitative estimate of drug-likeness (QED) is 0.520. The van der Waals surface area contributed by atoms with Crippen LogP contribution in [0.1, 0.15) is 40.4 Å². The number of hydrogen-bond donors (Lipinski definition) is 2. The van der Waals surface area contributed by atoms with Gasteiger partial charge in [0.05, 0.1) is 7.11 Å². The summed E-state index contributed by atoms with van der Waals surface area (Å²) in [4.78, 5) is 21.7. The molecule has 5 heteroatoms. The number of piperidine rings is 1. The molecule has 1 saturated heterocycles. The Hall–Kier alpha value is -3.21. The Kier molecular flexibility index (Phi) is 4.31. The van der Waals surface area contributed by atoms with Crippen LogP contribution in [0.5, 0.6) is 5.75 Å². The van der Waals surface area contributed by atoms with Gasteiger partial charge in [-0.05, 0) is 67.1 Å². The molecule has 5 nitrogen and oxygen atoms in total. The lowest BCUT2D eigenvalue weighted by atomic mass is 9.89. The van der Waals surface area contributed by atoms with E-state index in [9.17, 15) is 4.79 Å². The minimum Gasteiger partial charge on any atom is -0.497 e. The number of likely N-dealkylation sites (tertiary alicyclic amines) is 1. The van der Waals surface area contributed by atoms with Gasteiger partial charge in [0.1, 0.15) is 11.4 Å². The van der Waals surface area contributed by atoms with Gasteiger partial charge in [-0.15, -0.1) is 0 Å². The first-order chi connectivity index (χ1) is 14.1. The van der Waals surface area contributed by atoms with Crippen molar-refractivity contribution < 1.29 is 9.53 Å². The molecule has 1 aliphatic heterocycles. The Labute approximate surface area is 169 Å². The number of aryl methyl sites for hydroxylation is 1. The van der Waals surface area contributed by atoms with Crippen LogP contribution in [0.3, 0.4) is 0 Å². The second-order valence-corrected chi connectivity index (χ2v) is 8.00. The smallest absolute Gasteiger partial charge is 0.270 e. The third-order valence-corrected chi connectivity index (χ3v) is 6.15. The number of carbonyl (C=O) groups is 1. The zero-order chi connectivity index (χ0) is 20.0. The van der Waals surface area contributed by atoms with Crippen LogP contribution in [0.15, 0.2) is 48.7 Å². The topological polar surface area (TPSA) is 61.1 Å². The SMILES string of the molecule is COc1ccc2[nH]cc(C3CCN(C(=O)c4cc5ccc(C)cc5[nH]4)CC3)c2c1. The number of nitrogens with one attached hydrogen (secondary N) is 2. The number of fused-ring (bicyclic) bond motifs is 2. The van der Waals surface area contributed by atoms with Gasteiger partial charge in [-0.1, -0.05) is 12.1 Å². The van der Waals surface area contributed by atoms with Gasteiger partial charge in [0.25, 0.3) is 5.91 Å². The maximum atomic E-state index is 13.0. The Balaban J connectivity index is 1.32. The minimum absolute atomic E-state index is 0.0953. The van der Waals surface area contributed by atoms with Crippen molar-refractivity contribution in [2.45, 2.75) is 25.7 Å². The number of rotatable bonds is 3. The molecule has 1 amide bonds. The predicted molar refractivity (Wildman–Crippen MR) is 116 cm³/mol. The minimum atomic E-state index is 0.0953. The van der Waals surface area contributed by atoms with E-state index in [4.69, 9.17) is 4.74 Å². The second kappa shape index (κ2) is 6.99. The molecule has 0 spiro atoms. The molecule has 0 saturated carbocycles. The fraction of sp³-hybridized carbons (Fsp3) is 0.292. The summed E-state index contributed by atoms with van der Waals surface area (Å²) in [6.07, 6.45) is 4.05.